The Hall–Kier alpha value is -1.96. The molecule has 0 aliphatic carbocycles. The first-order valence-corrected chi connectivity index (χ1v) is 8.33. The molecule has 0 fully saturated rings. The van der Waals surface area contributed by atoms with Crippen LogP contribution in [0.25, 0.3) is 11.2 Å². The van der Waals surface area contributed by atoms with Gasteiger partial charge >= 0.3 is 0 Å². The first-order chi connectivity index (χ1) is 10.5. The van der Waals surface area contributed by atoms with Crippen molar-refractivity contribution in [2.45, 2.75) is 18.4 Å². The SMILES string of the molecule is Cc1ccc(S(=O)(=O)n2ccc3nc(CNCl)cnc32)cc1. The minimum absolute atomic E-state index is 0.212. The van der Waals surface area contributed by atoms with E-state index in [0.717, 1.165) is 9.54 Å². The summed E-state index contributed by atoms with van der Waals surface area (Å²) in [6.45, 7) is 2.25. The average molecular weight is 337 g/mol. The second-order valence-electron chi connectivity index (χ2n) is 4.81. The highest BCUT2D eigenvalue weighted by atomic mass is 35.5. The summed E-state index contributed by atoms with van der Waals surface area (Å²) in [6, 6.07) is 8.29. The van der Waals surface area contributed by atoms with Crippen molar-refractivity contribution in [2.24, 2.45) is 0 Å². The van der Waals surface area contributed by atoms with E-state index in [4.69, 9.17) is 11.8 Å². The molecule has 0 saturated carbocycles. The van der Waals surface area contributed by atoms with Crippen molar-refractivity contribution in [1.82, 2.24) is 18.8 Å². The van der Waals surface area contributed by atoms with Gasteiger partial charge in [0.2, 0.25) is 0 Å². The monoisotopic (exact) mass is 336 g/mol. The number of halogens is 1. The van der Waals surface area contributed by atoms with E-state index in [1.54, 1.807) is 30.3 Å². The maximum absolute atomic E-state index is 12.7. The number of aryl methyl sites for hydroxylation is 1. The quantitative estimate of drug-likeness (QED) is 0.739. The van der Waals surface area contributed by atoms with Gasteiger partial charge in [-0.1, -0.05) is 17.7 Å². The van der Waals surface area contributed by atoms with Gasteiger partial charge in [-0.2, -0.15) is 0 Å². The molecule has 0 unspecified atom stereocenters. The van der Waals surface area contributed by atoms with Gasteiger partial charge in [-0.15, -0.1) is 0 Å². The third kappa shape index (κ3) is 2.58. The van der Waals surface area contributed by atoms with Crippen LogP contribution in [0, 0.1) is 6.92 Å². The molecule has 0 radical (unpaired) electrons. The molecule has 0 aliphatic heterocycles. The molecule has 3 aromatic rings. The lowest BCUT2D eigenvalue weighted by atomic mass is 10.2. The van der Waals surface area contributed by atoms with Crippen LogP contribution in [0.2, 0.25) is 0 Å². The highest BCUT2D eigenvalue weighted by Gasteiger charge is 2.20. The number of nitrogens with one attached hydrogen (secondary N) is 1. The van der Waals surface area contributed by atoms with E-state index in [1.165, 1.54) is 12.4 Å². The Morgan fingerprint density at radius 1 is 1.23 bits per heavy atom. The van der Waals surface area contributed by atoms with Crippen molar-refractivity contribution in [3.05, 3.63) is 54.0 Å². The number of benzene rings is 1. The zero-order valence-corrected chi connectivity index (χ0v) is 13.3. The smallest absolute Gasteiger partial charge is 0.246 e. The van der Waals surface area contributed by atoms with Gasteiger partial charge in [-0.05, 0) is 36.9 Å². The molecular formula is C14H13ClN4O2S. The molecule has 0 atom stereocenters. The summed E-state index contributed by atoms with van der Waals surface area (Å²) in [4.78, 5) is 11.2. The Morgan fingerprint density at radius 3 is 2.64 bits per heavy atom. The zero-order chi connectivity index (χ0) is 15.7. The topological polar surface area (TPSA) is 76.9 Å². The molecule has 0 aliphatic rings. The van der Waals surface area contributed by atoms with Crippen LogP contribution in [0.1, 0.15) is 11.3 Å². The van der Waals surface area contributed by atoms with Crippen LogP contribution in [0.5, 0.6) is 0 Å². The van der Waals surface area contributed by atoms with Crippen molar-refractivity contribution in [2.75, 3.05) is 0 Å². The Kier molecular flexibility index (Phi) is 3.86. The summed E-state index contributed by atoms with van der Waals surface area (Å²) in [7, 11) is -3.69. The Labute approximate surface area is 132 Å². The molecule has 1 aromatic carbocycles. The summed E-state index contributed by atoms with van der Waals surface area (Å²) in [5.74, 6) is 0. The number of aromatic nitrogens is 3. The summed E-state index contributed by atoms with van der Waals surface area (Å²) in [6.07, 6.45) is 2.95. The van der Waals surface area contributed by atoms with Crippen LogP contribution in [0.4, 0.5) is 0 Å². The molecule has 22 heavy (non-hydrogen) atoms. The molecular weight excluding hydrogens is 324 g/mol. The fourth-order valence-electron chi connectivity index (χ4n) is 2.10. The van der Waals surface area contributed by atoms with E-state index in [9.17, 15) is 8.42 Å². The van der Waals surface area contributed by atoms with E-state index in [-0.39, 0.29) is 4.90 Å². The maximum Gasteiger partial charge on any atom is 0.269 e. The van der Waals surface area contributed by atoms with Crippen LogP contribution in [-0.4, -0.2) is 22.4 Å². The van der Waals surface area contributed by atoms with E-state index in [2.05, 4.69) is 14.8 Å². The molecule has 0 bridgehead atoms. The molecule has 2 heterocycles. The van der Waals surface area contributed by atoms with Crippen LogP contribution >= 0.6 is 11.8 Å². The largest absolute Gasteiger partial charge is 0.269 e. The molecule has 2 aromatic heterocycles. The van der Waals surface area contributed by atoms with Crippen molar-refractivity contribution in [3.8, 4) is 0 Å². The zero-order valence-electron chi connectivity index (χ0n) is 11.7. The normalized spacial score (nSPS) is 11.9. The molecule has 3 rings (SSSR count). The fourth-order valence-corrected chi connectivity index (χ4v) is 3.53. The molecule has 0 amide bonds. The van der Waals surface area contributed by atoms with E-state index >= 15 is 0 Å². The summed E-state index contributed by atoms with van der Waals surface area (Å²) in [5.41, 5.74) is 2.42. The molecule has 1 N–H and O–H groups in total. The predicted molar refractivity (Wildman–Crippen MR) is 84.0 cm³/mol. The standard InChI is InChI=1S/C14H13ClN4O2S/c1-10-2-4-12(5-3-10)22(20,21)19-7-6-13-14(19)16-8-11(18-13)9-17-15/h2-8,17H,9H2,1H3. The predicted octanol–water partition coefficient (Wildman–Crippen LogP) is 2.22. The highest BCUT2D eigenvalue weighted by molar-refractivity contribution is 7.90. The number of nitrogens with zero attached hydrogens (tertiary/aromatic N) is 3. The van der Waals surface area contributed by atoms with E-state index in [1.807, 2.05) is 6.92 Å². The first-order valence-electron chi connectivity index (χ1n) is 6.51. The Morgan fingerprint density at radius 2 is 1.95 bits per heavy atom. The molecule has 8 heteroatoms. The van der Waals surface area contributed by atoms with Crippen LogP contribution < -0.4 is 4.84 Å². The lowest BCUT2D eigenvalue weighted by Gasteiger charge is -2.07. The van der Waals surface area contributed by atoms with Gasteiger partial charge in [0.15, 0.2) is 5.65 Å². The van der Waals surface area contributed by atoms with Gasteiger partial charge in [0.1, 0.15) is 5.52 Å². The lowest BCUT2D eigenvalue weighted by Crippen LogP contribution is -2.13. The number of hydrogen-bond acceptors (Lipinski definition) is 5. The summed E-state index contributed by atoms with van der Waals surface area (Å²) in [5, 5.41) is 0. The van der Waals surface area contributed by atoms with Crippen LogP contribution in [-0.2, 0) is 16.6 Å². The maximum atomic E-state index is 12.7. The summed E-state index contributed by atoms with van der Waals surface area (Å²) < 4.78 is 26.5. The van der Waals surface area contributed by atoms with E-state index < -0.39 is 10.0 Å². The second kappa shape index (κ2) is 5.68. The third-order valence-corrected chi connectivity index (χ3v) is 5.05. The van der Waals surface area contributed by atoms with Crippen molar-refractivity contribution < 1.29 is 8.42 Å². The molecule has 114 valence electrons. The van der Waals surface area contributed by atoms with Crippen molar-refractivity contribution in [3.63, 3.8) is 0 Å². The van der Waals surface area contributed by atoms with Crippen molar-refractivity contribution >= 4 is 33.0 Å². The molecule has 0 spiro atoms. The Bertz CT molecular complexity index is 920. The van der Waals surface area contributed by atoms with Crippen LogP contribution in [0.15, 0.2) is 47.6 Å². The fraction of sp³-hybridized carbons (Fsp3) is 0.143. The lowest BCUT2D eigenvalue weighted by molar-refractivity contribution is 0.588. The van der Waals surface area contributed by atoms with Gasteiger partial charge in [-0.3, -0.25) is 0 Å². The molecule has 0 saturated heterocycles. The van der Waals surface area contributed by atoms with Gasteiger partial charge in [0.05, 0.1) is 23.3 Å². The minimum Gasteiger partial charge on any atom is -0.246 e. The second-order valence-corrected chi connectivity index (χ2v) is 6.89. The molecule has 6 nitrogen and oxygen atoms in total. The average Bonchev–Trinajstić information content (AvgIpc) is 2.92. The van der Waals surface area contributed by atoms with Gasteiger partial charge in [0.25, 0.3) is 10.0 Å². The first kappa shape index (κ1) is 15.0. The van der Waals surface area contributed by atoms with Crippen LogP contribution in [0.3, 0.4) is 0 Å². The number of hydrogen-bond donors (Lipinski definition) is 1. The van der Waals surface area contributed by atoms with Gasteiger partial charge in [-0.25, -0.2) is 27.2 Å². The van der Waals surface area contributed by atoms with Gasteiger partial charge < -0.3 is 0 Å². The number of rotatable bonds is 4. The van der Waals surface area contributed by atoms with Gasteiger partial charge in [0, 0.05) is 6.20 Å². The minimum atomic E-state index is -3.69. The van der Waals surface area contributed by atoms with E-state index in [0.29, 0.717) is 23.4 Å². The number of fused-ring (bicyclic) bond motifs is 1. The third-order valence-electron chi connectivity index (χ3n) is 3.23. The Balaban J connectivity index is 2.11. The van der Waals surface area contributed by atoms with Crippen molar-refractivity contribution in [1.29, 1.82) is 0 Å². The summed E-state index contributed by atoms with van der Waals surface area (Å²) >= 11 is 5.44. The highest BCUT2D eigenvalue weighted by Crippen LogP contribution is 2.20.